The van der Waals surface area contributed by atoms with Crippen LogP contribution >= 0.6 is 0 Å². The summed E-state index contributed by atoms with van der Waals surface area (Å²) in [5.74, 6) is 0.931. The van der Waals surface area contributed by atoms with Crippen molar-refractivity contribution >= 4 is 0 Å². The smallest absolute Gasteiger partial charge is 0.0239 e. The van der Waals surface area contributed by atoms with Crippen LogP contribution in [-0.2, 0) is 0 Å². The largest absolute Gasteiger partial charge is 0.306 e. The Labute approximate surface area is 93.8 Å². The number of nitrogens with one attached hydrogen (secondary N) is 1. The topological polar surface area (TPSA) is 18.5 Å². The molecule has 0 aromatic carbocycles. The molecule has 3 heteroatoms. The van der Waals surface area contributed by atoms with E-state index in [1.165, 1.54) is 51.9 Å². The van der Waals surface area contributed by atoms with Gasteiger partial charge in [-0.15, -0.1) is 0 Å². The summed E-state index contributed by atoms with van der Waals surface area (Å²) in [6, 6.07) is 0.731. The van der Waals surface area contributed by atoms with Crippen LogP contribution in [0.15, 0.2) is 0 Å². The minimum absolute atomic E-state index is 0.731. The molecule has 88 valence electrons. The van der Waals surface area contributed by atoms with Gasteiger partial charge >= 0.3 is 0 Å². The summed E-state index contributed by atoms with van der Waals surface area (Å²) in [4.78, 5) is 2.43. The summed E-state index contributed by atoms with van der Waals surface area (Å²) >= 11 is 0. The number of nitrogens with zero attached hydrogens (tertiary/aromatic N) is 2. The van der Waals surface area contributed by atoms with Crippen LogP contribution in [0.1, 0.15) is 32.6 Å². The zero-order valence-electron chi connectivity index (χ0n) is 10.2. The average Bonchev–Trinajstić information content (AvgIpc) is 2.25. The molecule has 2 aliphatic rings. The number of likely N-dealkylation sites (tertiary alicyclic amines) is 1. The summed E-state index contributed by atoms with van der Waals surface area (Å²) in [6.07, 6.45) is 5.34. The van der Waals surface area contributed by atoms with Gasteiger partial charge in [-0.1, -0.05) is 6.92 Å². The van der Waals surface area contributed by atoms with E-state index in [1.807, 2.05) is 0 Å². The van der Waals surface area contributed by atoms with Gasteiger partial charge in [0.1, 0.15) is 0 Å². The fraction of sp³-hybridized carbons (Fsp3) is 1.00. The number of piperidine rings is 2. The maximum atomic E-state index is 3.71. The molecule has 15 heavy (non-hydrogen) atoms. The molecule has 0 aliphatic carbocycles. The van der Waals surface area contributed by atoms with Crippen LogP contribution in [0.3, 0.4) is 0 Å². The van der Waals surface area contributed by atoms with Crippen molar-refractivity contribution < 1.29 is 0 Å². The molecule has 0 saturated carbocycles. The highest BCUT2D eigenvalue weighted by molar-refractivity contribution is 4.76. The third-order valence-electron chi connectivity index (χ3n) is 3.87. The van der Waals surface area contributed by atoms with Gasteiger partial charge in [0.2, 0.25) is 0 Å². The van der Waals surface area contributed by atoms with Crippen LogP contribution in [0, 0.1) is 5.92 Å². The Balaban J connectivity index is 1.68. The fourth-order valence-electron chi connectivity index (χ4n) is 2.53. The minimum Gasteiger partial charge on any atom is -0.306 e. The van der Waals surface area contributed by atoms with E-state index in [1.54, 1.807) is 0 Å². The molecular formula is C12H25N3. The van der Waals surface area contributed by atoms with Crippen molar-refractivity contribution in [3.63, 3.8) is 0 Å². The number of hydrogen-bond donors (Lipinski definition) is 1. The van der Waals surface area contributed by atoms with Gasteiger partial charge in [-0.2, -0.15) is 0 Å². The lowest BCUT2D eigenvalue weighted by molar-refractivity contribution is 0.0851. The highest BCUT2D eigenvalue weighted by atomic mass is 15.5. The molecule has 2 saturated heterocycles. The van der Waals surface area contributed by atoms with Gasteiger partial charge in [-0.25, -0.2) is 5.01 Å². The molecule has 0 aromatic heterocycles. The van der Waals surface area contributed by atoms with Crippen LogP contribution in [0.5, 0.6) is 0 Å². The predicted octanol–water partition coefficient (Wildman–Crippen LogP) is 1.32. The minimum atomic E-state index is 0.731. The normalized spacial score (nSPS) is 28.4. The van der Waals surface area contributed by atoms with Crippen molar-refractivity contribution in [3.8, 4) is 0 Å². The first kappa shape index (κ1) is 11.4. The quantitative estimate of drug-likeness (QED) is 0.743. The molecule has 0 spiro atoms. The van der Waals surface area contributed by atoms with Gasteiger partial charge in [-0.05, 0) is 51.7 Å². The van der Waals surface area contributed by atoms with Crippen LogP contribution in [-0.4, -0.2) is 49.2 Å². The number of rotatable bonds is 2. The molecule has 0 amide bonds. The van der Waals surface area contributed by atoms with E-state index in [4.69, 9.17) is 0 Å². The average molecular weight is 211 g/mol. The Morgan fingerprint density at radius 1 is 0.933 bits per heavy atom. The first-order valence-corrected chi connectivity index (χ1v) is 6.43. The van der Waals surface area contributed by atoms with E-state index >= 15 is 0 Å². The highest BCUT2D eigenvalue weighted by Crippen LogP contribution is 2.16. The third-order valence-corrected chi connectivity index (χ3v) is 3.87. The van der Waals surface area contributed by atoms with E-state index in [9.17, 15) is 0 Å². The molecule has 0 atom stereocenters. The van der Waals surface area contributed by atoms with Gasteiger partial charge in [0.15, 0.2) is 0 Å². The molecular weight excluding hydrogens is 186 g/mol. The van der Waals surface area contributed by atoms with Crippen molar-refractivity contribution in [2.45, 2.75) is 38.6 Å². The summed E-state index contributed by atoms with van der Waals surface area (Å²) in [7, 11) is 2.22. The Kier molecular flexibility index (Phi) is 4.00. The highest BCUT2D eigenvalue weighted by Gasteiger charge is 2.21. The SMILES string of the molecule is CC1CCN(NC2CCN(C)CC2)CC1. The van der Waals surface area contributed by atoms with Crippen LogP contribution < -0.4 is 5.43 Å². The van der Waals surface area contributed by atoms with Crippen molar-refractivity contribution in [3.05, 3.63) is 0 Å². The van der Waals surface area contributed by atoms with Crippen LogP contribution in [0.25, 0.3) is 0 Å². The van der Waals surface area contributed by atoms with E-state index in [-0.39, 0.29) is 0 Å². The summed E-state index contributed by atoms with van der Waals surface area (Å²) in [5.41, 5.74) is 3.71. The molecule has 0 aromatic rings. The third kappa shape index (κ3) is 3.44. The van der Waals surface area contributed by atoms with Gasteiger partial charge in [-0.3, -0.25) is 5.43 Å². The summed E-state index contributed by atoms with van der Waals surface area (Å²) in [5, 5.41) is 2.45. The molecule has 2 rings (SSSR count). The van der Waals surface area contributed by atoms with Crippen LogP contribution in [0.2, 0.25) is 0 Å². The lowest BCUT2D eigenvalue weighted by Gasteiger charge is -2.37. The first-order valence-electron chi connectivity index (χ1n) is 6.43. The Bertz CT molecular complexity index is 159. The first-order chi connectivity index (χ1) is 7.24. The Morgan fingerprint density at radius 2 is 1.53 bits per heavy atom. The van der Waals surface area contributed by atoms with Gasteiger partial charge in [0.25, 0.3) is 0 Å². The molecule has 0 bridgehead atoms. The van der Waals surface area contributed by atoms with Gasteiger partial charge < -0.3 is 4.90 Å². The standard InChI is InChI=1S/C12H25N3/c1-11-3-9-15(10-4-11)13-12-5-7-14(2)8-6-12/h11-13H,3-10H2,1-2H3. The molecule has 0 radical (unpaired) electrons. The number of hydrogen-bond acceptors (Lipinski definition) is 3. The second-order valence-corrected chi connectivity index (χ2v) is 5.38. The lowest BCUT2D eigenvalue weighted by Crippen LogP contribution is -2.51. The van der Waals surface area contributed by atoms with Crippen molar-refractivity contribution in [1.82, 2.24) is 15.3 Å². The molecule has 2 heterocycles. The zero-order chi connectivity index (χ0) is 10.7. The van der Waals surface area contributed by atoms with E-state index in [0.29, 0.717) is 0 Å². The lowest BCUT2D eigenvalue weighted by atomic mass is 10.00. The Hall–Kier alpha value is -0.120. The van der Waals surface area contributed by atoms with Gasteiger partial charge in [0, 0.05) is 19.1 Å². The maximum Gasteiger partial charge on any atom is 0.0239 e. The summed E-state index contributed by atoms with van der Waals surface area (Å²) < 4.78 is 0. The predicted molar refractivity (Wildman–Crippen MR) is 63.6 cm³/mol. The van der Waals surface area contributed by atoms with Crippen molar-refractivity contribution in [2.24, 2.45) is 5.92 Å². The van der Waals surface area contributed by atoms with E-state index < -0.39 is 0 Å². The fourth-order valence-corrected chi connectivity index (χ4v) is 2.53. The molecule has 3 nitrogen and oxygen atoms in total. The monoisotopic (exact) mass is 211 g/mol. The van der Waals surface area contributed by atoms with Crippen LogP contribution in [0.4, 0.5) is 0 Å². The maximum absolute atomic E-state index is 3.71. The zero-order valence-corrected chi connectivity index (χ0v) is 10.2. The van der Waals surface area contributed by atoms with E-state index in [0.717, 1.165) is 12.0 Å². The van der Waals surface area contributed by atoms with Crippen molar-refractivity contribution in [2.75, 3.05) is 33.2 Å². The molecule has 1 N–H and O–H groups in total. The molecule has 2 fully saturated rings. The summed E-state index contributed by atoms with van der Waals surface area (Å²) in [6.45, 7) is 7.36. The molecule has 0 unspecified atom stereocenters. The second-order valence-electron chi connectivity index (χ2n) is 5.38. The molecule has 2 aliphatic heterocycles. The van der Waals surface area contributed by atoms with E-state index in [2.05, 4.69) is 29.3 Å². The van der Waals surface area contributed by atoms with Crippen molar-refractivity contribution in [1.29, 1.82) is 0 Å². The Morgan fingerprint density at radius 3 is 2.13 bits per heavy atom. The second kappa shape index (κ2) is 5.28. The van der Waals surface area contributed by atoms with Gasteiger partial charge in [0.05, 0.1) is 0 Å². The number of hydrazine groups is 1.